The number of furan rings is 1. The highest BCUT2D eigenvalue weighted by Crippen LogP contribution is 2.35. The molecule has 1 atom stereocenters. The summed E-state index contributed by atoms with van der Waals surface area (Å²) in [5, 5.41) is 0. The van der Waals surface area contributed by atoms with Gasteiger partial charge in [0.2, 0.25) is 0 Å². The fourth-order valence-electron chi connectivity index (χ4n) is 2.12. The highest BCUT2D eigenvalue weighted by atomic mass is 16.3. The van der Waals surface area contributed by atoms with Crippen LogP contribution >= 0.6 is 0 Å². The van der Waals surface area contributed by atoms with Crippen molar-refractivity contribution in [2.75, 3.05) is 0 Å². The molecular formula is C14H12O. The van der Waals surface area contributed by atoms with Crippen molar-refractivity contribution in [2.24, 2.45) is 0 Å². The van der Waals surface area contributed by atoms with Gasteiger partial charge >= 0.3 is 0 Å². The van der Waals surface area contributed by atoms with Crippen molar-refractivity contribution in [3.05, 3.63) is 65.1 Å². The molecule has 1 heteroatoms. The van der Waals surface area contributed by atoms with E-state index in [2.05, 4.69) is 42.5 Å². The van der Waals surface area contributed by atoms with Gasteiger partial charge < -0.3 is 4.42 Å². The van der Waals surface area contributed by atoms with Crippen LogP contribution in [0.25, 0.3) is 6.08 Å². The summed E-state index contributed by atoms with van der Waals surface area (Å²) in [6.07, 6.45) is 4.36. The standard InChI is InChI=1S/C14H12O/c1-10-6-9-14(15-10)13-8-7-11-4-2-3-5-12(11)13/h2-9,13H,1H3. The van der Waals surface area contributed by atoms with Crippen molar-refractivity contribution in [3.8, 4) is 0 Å². The predicted molar refractivity (Wildman–Crippen MR) is 60.8 cm³/mol. The zero-order chi connectivity index (χ0) is 10.3. The summed E-state index contributed by atoms with van der Waals surface area (Å²) >= 11 is 0. The Kier molecular flexibility index (Phi) is 1.78. The summed E-state index contributed by atoms with van der Waals surface area (Å²) in [6.45, 7) is 1.98. The van der Waals surface area contributed by atoms with Crippen molar-refractivity contribution in [2.45, 2.75) is 12.8 Å². The summed E-state index contributed by atoms with van der Waals surface area (Å²) in [6, 6.07) is 12.5. The van der Waals surface area contributed by atoms with Gasteiger partial charge in [-0.2, -0.15) is 0 Å². The highest BCUT2D eigenvalue weighted by Gasteiger charge is 2.20. The minimum absolute atomic E-state index is 0.301. The van der Waals surface area contributed by atoms with Crippen LogP contribution in [-0.4, -0.2) is 0 Å². The molecule has 15 heavy (non-hydrogen) atoms. The van der Waals surface area contributed by atoms with E-state index in [-0.39, 0.29) is 0 Å². The molecule has 0 saturated carbocycles. The van der Waals surface area contributed by atoms with Gasteiger partial charge in [0.05, 0.1) is 5.92 Å². The molecule has 0 radical (unpaired) electrons. The highest BCUT2D eigenvalue weighted by molar-refractivity contribution is 5.64. The van der Waals surface area contributed by atoms with E-state index in [9.17, 15) is 0 Å². The second kappa shape index (κ2) is 3.13. The number of aryl methyl sites for hydroxylation is 1. The van der Waals surface area contributed by atoms with Gasteiger partial charge in [0.15, 0.2) is 0 Å². The second-order valence-corrected chi connectivity index (χ2v) is 3.91. The zero-order valence-corrected chi connectivity index (χ0v) is 8.60. The lowest BCUT2D eigenvalue weighted by molar-refractivity contribution is 0.482. The van der Waals surface area contributed by atoms with E-state index in [1.54, 1.807) is 0 Å². The topological polar surface area (TPSA) is 13.1 Å². The normalized spacial score (nSPS) is 18.1. The zero-order valence-electron chi connectivity index (χ0n) is 8.60. The van der Waals surface area contributed by atoms with Gasteiger partial charge in [-0.1, -0.05) is 36.4 Å². The smallest absolute Gasteiger partial charge is 0.115 e. The van der Waals surface area contributed by atoms with Crippen molar-refractivity contribution < 1.29 is 4.42 Å². The van der Waals surface area contributed by atoms with Crippen molar-refractivity contribution >= 4 is 6.08 Å². The number of fused-ring (bicyclic) bond motifs is 1. The molecule has 74 valence electrons. The van der Waals surface area contributed by atoms with Gasteiger partial charge in [0.25, 0.3) is 0 Å². The fourth-order valence-corrected chi connectivity index (χ4v) is 2.12. The number of hydrogen-bond acceptors (Lipinski definition) is 1. The van der Waals surface area contributed by atoms with Crippen LogP contribution in [0.2, 0.25) is 0 Å². The molecule has 2 aromatic rings. The molecule has 1 unspecified atom stereocenters. The minimum atomic E-state index is 0.301. The van der Waals surface area contributed by atoms with E-state index >= 15 is 0 Å². The maximum atomic E-state index is 5.67. The third-order valence-corrected chi connectivity index (χ3v) is 2.87. The molecule has 1 aliphatic carbocycles. The molecule has 0 spiro atoms. The Morgan fingerprint density at radius 2 is 1.93 bits per heavy atom. The first-order valence-corrected chi connectivity index (χ1v) is 5.18. The van der Waals surface area contributed by atoms with Gasteiger partial charge in [-0.25, -0.2) is 0 Å². The molecule has 1 nitrogen and oxygen atoms in total. The minimum Gasteiger partial charge on any atom is -0.465 e. The van der Waals surface area contributed by atoms with Gasteiger partial charge in [0, 0.05) is 0 Å². The number of rotatable bonds is 1. The van der Waals surface area contributed by atoms with Gasteiger partial charge in [-0.05, 0) is 30.2 Å². The van der Waals surface area contributed by atoms with E-state index in [4.69, 9.17) is 4.42 Å². The molecule has 0 saturated heterocycles. The molecule has 1 aromatic carbocycles. The molecule has 0 N–H and O–H groups in total. The summed E-state index contributed by atoms with van der Waals surface area (Å²) < 4.78 is 5.67. The Morgan fingerprint density at radius 1 is 1.07 bits per heavy atom. The van der Waals surface area contributed by atoms with E-state index in [1.807, 2.05) is 13.0 Å². The van der Waals surface area contributed by atoms with Gasteiger partial charge in [-0.3, -0.25) is 0 Å². The van der Waals surface area contributed by atoms with E-state index in [1.165, 1.54) is 11.1 Å². The molecule has 0 bridgehead atoms. The number of allylic oxidation sites excluding steroid dienone is 1. The average Bonchev–Trinajstić information content (AvgIpc) is 2.83. The monoisotopic (exact) mass is 196 g/mol. The Morgan fingerprint density at radius 3 is 2.73 bits per heavy atom. The largest absolute Gasteiger partial charge is 0.465 e. The van der Waals surface area contributed by atoms with E-state index in [0.29, 0.717) is 5.92 Å². The lowest BCUT2D eigenvalue weighted by Crippen LogP contribution is -1.93. The van der Waals surface area contributed by atoms with Crippen molar-refractivity contribution in [3.63, 3.8) is 0 Å². The number of benzene rings is 1. The van der Waals surface area contributed by atoms with Crippen LogP contribution in [0.15, 0.2) is 46.9 Å². The van der Waals surface area contributed by atoms with Crippen molar-refractivity contribution in [1.82, 2.24) is 0 Å². The molecule has 3 rings (SSSR count). The average molecular weight is 196 g/mol. The van der Waals surface area contributed by atoms with Crippen molar-refractivity contribution in [1.29, 1.82) is 0 Å². The third kappa shape index (κ3) is 1.32. The third-order valence-electron chi connectivity index (χ3n) is 2.87. The number of hydrogen-bond donors (Lipinski definition) is 0. The van der Waals surface area contributed by atoms with Crippen LogP contribution in [0, 0.1) is 6.92 Å². The molecular weight excluding hydrogens is 184 g/mol. The fraction of sp³-hybridized carbons (Fsp3) is 0.143. The molecule has 1 heterocycles. The summed E-state index contributed by atoms with van der Waals surface area (Å²) in [5.41, 5.74) is 2.64. The molecule has 0 amide bonds. The van der Waals surface area contributed by atoms with Crippen LogP contribution in [-0.2, 0) is 0 Å². The predicted octanol–water partition coefficient (Wildman–Crippen LogP) is 3.75. The van der Waals surface area contributed by atoms with Crippen LogP contribution in [0.1, 0.15) is 28.6 Å². The Hall–Kier alpha value is -1.76. The summed E-state index contributed by atoms with van der Waals surface area (Å²) in [7, 11) is 0. The van der Waals surface area contributed by atoms with E-state index < -0.39 is 0 Å². The Bertz CT molecular complexity index is 520. The maximum absolute atomic E-state index is 5.67. The quantitative estimate of drug-likeness (QED) is 0.677. The van der Waals surface area contributed by atoms with Gasteiger partial charge in [-0.15, -0.1) is 0 Å². The molecule has 1 aliphatic rings. The molecule has 0 fully saturated rings. The van der Waals surface area contributed by atoms with Crippen LogP contribution in [0.4, 0.5) is 0 Å². The SMILES string of the molecule is Cc1ccc(C2C=Cc3ccccc32)o1. The van der Waals surface area contributed by atoms with Crippen LogP contribution in [0.3, 0.4) is 0 Å². The van der Waals surface area contributed by atoms with Crippen LogP contribution in [0.5, 0.6) is 0 Å². The Balaban J connectivity index is 2.08. The lowest BCUT2D eigenvalue weighted by Gasteiger charge is -2.07. The maximum Gasteiger partial charge on any atom is 0.115 e. The van der Waals surface area contributed by atoms with E-state index in [0.717, 1.165) is 11.5 Å². The first-order valence-electron chi connectivity index (χ1n) is 5.18. The lowest BCUT2D eigenvalue weighted by atomic mass is 9.99. The van der Waals surface area contributed by atoms with Gasteiger partial charge in [0.1, 0.15) is 11.5 Å². The summed E-state index contributed by atoms with van der Waals surface area (Å²) in [5.74, 6) is 2.31. The molecule has 1 aromatic heterocycles. The molecule has 0 aliphatic heterocycles. The summed E-state index contributed by atoms with van der Waals surface area (Å²) in [4.78, 5) is 0. The first kappa shape index (κ1) is 8.54. The first-order chi connectivity index (χ1) is 7.34. The Labute approximate surface area is 89.0 Å². The van der Waals surface area contributed by atoms with Crippen LogP contribution < -0.4 is 0 Å². The second-order valence-electron chi connectivity index (χ2n) is 3.91.